The quantitative estimate of drug-likeness (QED) is 0.586. The molecule has 2 aromatic rings. The Hall–Kier alpha value is -1.36. The van der Waals surface area contributed by atoms with Gasteiger partial charge in [0.25, 0.3) is 0 Å². The second-order valence-corrected chi connectivity index (χ2v) is 2.18. The van der Waals surface area contributed by atoms with Crippen molar-refractivity contribution < 1.29 is 0 Å². The topological polar surface area (TPSA) is 51.6 Å². The Balaban J connectivity index is 0.000000112. The molecule has 11 heavy (non-hydrogen) atoms. The van der Waals surface area contributed by atoms with Crippen LogP contribution in [0.3, 0.4) is 0 Å². The summed E-state index contributed by atoms with van der Waals surface area (Å²) in [5.41, 5.74) is 3.36. The largest absolute Gasteiger partial charge is 0.245 e. The van der Waals surface area contributed by atoms with E-state index in [4.69, 9.17) is 0 Å². The van der Waals surface area contributed by atoms with E-state index in [1.165, 1.54) is 17.7 Å². The van der Waals surface area contributed by atoms with Crippen LogP contribution in [0.2, 0.25) is 0 Å². The normalized spacial score (nSPS) is 8.00. The van der Waals surface area contributed by atoms with Gasteiger partial charge in [0, 0.05) is 12.4 Å². The Kier molecular flexibility index (Phi) is 3.82. The van der Waals surface area contributed by atoms with Crippen molar-refractivity contribution in [1.82, 2.24) is 20.2 Å². The molecule has 0 aliphatic rings. The third kappa shape index (κ3) is 4.10. The molecule has 2 rings (SSSR count). The van der Waals surface area contributed by atoms with Crippen LogP contribution in [-0.4, -0.2) is 20.2 Å². The Morgan fingerprint density at radius 2 is 1.55 bits per heavy atom. The lowest BCUT2D eigenvalue weighted by Gasteiger charge is -1.70. The molecule has 2 aromatic heterocycles. The minimum Gasteiger partial charge on any atom is -0.245 e. The highest BCUT2D eigenvalue weighted by molar-refractivity contribution is 7.07. The zero-order valence-corrected chi connectivity index (χ0v) is 6.48. The molecular formula is C6H6N4S. The fourth-order valence-corrected chi connectivity index (χ4v) is 0.662. The van der Waals surface area contributed by atoms with Gasteiger partial charge in [-0.1, -0.05) is 0 Å². The predicted octanol–water partition coefficient (Wildman–Crippen LogP) is 1.01. The molecule has 0 saturated carbocycles. The van der Waals surface area contributed by atoms with Crippen molar-refractivity contribution in [3.8, 4) is 0 Å². The smallest absolute Gasteiger partial charge is 0.115 e. The summed E-state index contributed by atoms with van der Waals surface area (Å²) in [6.07, 6.45) is 4.88. The van der Waals surface area contributed by atoms with Crippen molar-refractivity contribution in [1.29, 1.82) is 0 Å². The summed E-state index contributed by atoms with van der Waals surface area (Å²) in [6, 6.07) is 1.78. The number of hydrogen-bond acceptors (Lipinski definition) is 5. The molecule has 0 aliphatic carbocycles. The number of hydrogen-bond donors (Lipinski definition) is 0. The average Bonchev–Trinajstić information content (AvgIpc) is 2.64. The zero-order chi connectivity index (χ0) is 7.78. The van der Waals surface area contributed by atoms with E-state index in [0.717, 1.165) is 0 Å². The monoisotopic (exact) mass is 166 g/mol. The standard InChI is InChI=1S/C4H4N2.C2H2N2S/c1-2-5-4-6-3-1;1-3-4-2-5-1/h1-4H;1-2H. The minimum absolute atomic E-state index is 1.49. The Morgan fingerprint density at radius 3 is 1.73 bits per heavy atom. The van der Waals surface area contributed by atoms with Crippen molar-refractivity contribution in [3.63, 3.8) is 0 Å². The SMILES string of the molecule is c1cncnc1.c1nncs1. The van der Waals surface area contributed by atoms with E-state index in [0.29, 0.717) is 0 Å². The molecule has 2 heterocycles. The van der Waals surface area contributed by atoms with E-state index >= 15 is 0 Å². The van der Waals surface area contributed by atoms with Gasteiger partial charge in [-0.3, -0.25) is 0 Å². The first-order valence-corrected chi connectivity index (χ1v) is 3.83. The highest BCUT2D eigenvalue weighted by Crippen LogP contribution is 1.80. The fraction of sp³-hybridized carbons (Fsp3) is 0. The van der Waals surface area contributed by atoms with Gasteiger partial charge in [-0.15, -0.1) is 21.5 Å². The first-order chi connectivity index (χ1) is 5.50. The lowest BCUT2D eigenvalue weighted by molar-refractivity contribution is 1.09. The van der Waals surface area contributed by atoms with Gasteiger partial charge >= 0.3 is 0 Å². The molecule has 0 bridgehead atoms. The van der Waals surface area contributed by atoms with Gasteiger partial charge < -0.3 is 0 Å². The summed E-state index contributed by atoms with van der Waals surface area (Å²) in [4.78, 5) is 7.35. The van der Waals surface area contributed by atoms with Gasteiger partial charge in [-0.2, -0.15) is 0 Å². The van der Waals surface area contributed by atoms with Gasteiger partial charge in [0.1, 0.15) is 17.3 Å². The van der Waals surface area contributed by atoms with Crippen LogP contribution in [0, 0.1) is 0 Å². The molecule has 0 aromatic carbocycles. The maximum atomic E-state index is 3.67. The summed E-state index contributed by atoms with van der Waals surface area (Å²) in [5, 5.41) is 6.98. The highest BCUT2D eigenvalue weighted by Gasteiger charge is 1.60. The van der Waals surface area contributed by atoms with Gasteiger partial charge in [0.05, 0.1) is 0 Å². The molecule has 0 N–H and O–H groups in total. The van der Waals surface area contributed by atoms with Crippen LogP contribution in [0.5, 0.6) is 0 Å². The van der Waals surface area contributed by atoms with Crippen molar-refractivity contribution in [2.75, 3.05) is 0 Å². The highest BCUT2D eigenvalue weighted by atomic mass is 32.1. The molecular weight excluding hydrogens is 160 g/mol. The molecule has 56 valence electrons. The van der Waals surface area contributed by atoms with Crippen molar-refractivity contribution in [2.45, 2.75) is 0 Å². The third-order valence-corrected chi connectivity index (χ3v) is 1.19. The van der Waals surface area contributed by atoms with Crippen molar-refractivity contribution in [2.24, 2.45) is 0 Å². The van der Waals surface area contributed by atoms with Crippen LogP contribution in [0.1, 0.15) is 0 Å². The van der Waals surface area contributed by atoms with Crippen LogP contribution in [0.15, 0.2) is 35.8 Å². The van der Waals surface area contributed by atoms with E-state index in [-0.39, 0.29) is 0 Å². The van der Waals surface area contributed by atoms with E-state index in [2.05, 4.69) is 20.2 Å². The number of rotatable bonds is 0. The molecule has 0 fully saturated rings. The first-order valence-electron chi connectivity index (χ1n) is 2.89. The average molecular weight is 166 g/mol. The number of nitrogens with zero attached hydrogens (tertiary/aromatic N) is 4. The first kappa shape index (κ1) is 7.74. The Bertz CT molecular complexity index is 200. The van der Waals surface area contributed by atoms with Crippen LogP contribution in [-0.2, 0) is 0 Å². The maximum Gasteiger partial charge on any atom is 0.115 e. The van der Waals surface area contributed by atoms with E-state index in [1.54, 1.807) is 29.5 Å². The van der Waals surface area contributed by atoms with Crippen LogP contribution < -0.4 is 0 Å². The zero-order valence-electron chi connectivity index (χ0n) is 5.66. The Labute approximate surface area is 68.0 Å². The van der Waals surface area contributed by atoms with Crippen LogP contribution >= 0.6 is 11.3 Å². The summed E-state index contributed by atoms with van der Waals surface area (Å²) in [6.45, 7) is 0. The van der Waals surface area contributed by atoms with Gasteiger partial charge in [0.2, 0.25) is 0 Å². The molecule has 0 amide bonds. The molecule has 0 saturated heterocycles. The van der Waals surface area contributed by atoms with Crippen molar-refractivity contribution >= 4 is 11.3 Å². The van der Waals surface area contributed by atoms with Gasteiger partial charge in [-0.05, 0) is 6.07 Å². The number of aromatic nitrogens is 4. The minimum atomic E-state index is 1.49. The lowest BCUT2D eigenvalue weighted by Crippen LogP contribution is -1.66. The van der Waals surface area contributed by atoms with Crippen molar-refractivity contribution in [3.05, 3.63) is 35.8 Å². The third-order valence-electron chi connectivity index (χ3n) is 0.760. The van der Waals surface area contributed by atoms with E-state index in [9.17, 15) is 0 Å². The molecule has 0 radical (unpaired) electrons. The predicted molar refractivity (Wildman–Crippen MR) is 41.9 cm³/mol. The molecule has 0 atom stereocenters. The second-order valence-electron chi connectivity index (χ2n) is 1.48. The molecule has 0 spiro atoms. The second kappa shape index (κ2) is 5.43. The molecule has 0 aliphatic heterocycles. The molecule has 0 unspecified atom stereocenters. The maximum absolute atomic E-state index is 3.67. The summed E-state index contributed by atoms with van der Waals surface area (Å²) in [7, 11) is 0. The molecule has 4 nitrogen and oxygen atoms in total. The van der Waals surface area contributed by atoms with E-state index < -0.39 is 0 Å². The summed E-state index contributed by atoms with van der Waals surface area (Å²) in [5.74, 6) is 0. The molecule has 5 heteroatoms. The van der Waals surface area contributed by atoms with E-state index in [1.807, 2.05) is 0 Å². The summed E-state index contributed by atoms with van der Waals surface area (Å²) < 4.78 is 0. The summed E-state index contributed by atoms with van der Waals surface area (Å²) >= 11 is 1.49. The van der Waals surface area contributed by atoms with Gasteiger partial charge in [0.15, 0.2) is 0 Å². The lowest BCUT2D eigenvalue weighted by atomic mass is 10.7. The van der Waals surface area contributed by atoms with Crippen LogP contribution in [0.4, 0.5) is 0 Å². The van der Waals surface area contributed by atoms with Gasteiger partial charge in [-0.25, -0.2) is 9.97 Å². The Morgan fingerprint density at radius 1 is 0.909 bits per heavy atom. The van der Waals surface area contributed by atoms with Crippen LogP contribution in [0.25, 0.3) is 0 Å². The fourth-order valence-electron chi connectivity index (χ4n) is 0.389.